The zero-order chi connectivity index (χ0) is 21.8. The number of anilines is 1. The van der Waals surface area contributed by atoms with Gasteiger partial charge in [-0.2, -0.15) is 0 Å². The Balaban J connectivity index is 1.73. The lowest BCUT2D eigenvalue weighted by atomic mass is 10.2. The van der Waals surface area contributed by atoms with Crippen molar-refractivity contribution in [1.82, 2.24) is 9.36 Å². The number of aromatic nitrogens is 2. The summed E-state index contributed by atoms with van der Waals surface area (Å²) in [6.07, 6.45) is 1.87. The van der Waals surface area contributed by atoms with Gasteiger partial charge < -0.3 is 10.1 Å². The third-order valence-electron chi connectivity index (χ3n) is 4.55. The number of benzene rings is 2. The van der Waals surface area contributed by atoms with Crippen LogP contribution >= 0.6 is 23.4 Å². The number of para-hydroxylation sites is 1. The molecule has 0 aliphatic rings. The Kier molecular flexibility index (Phi) is 6.69. The molecule has 0 atom stereocenters. The van der Waals surface area contributed by atoms with Crippen LogP contribution in [0.5, 0.6) is 0 Å². The second-order valence-electron chi connectivity index (χ2n) is 6.41. The van der Waals surface area contributed by atoms with E-state index in [0.29, 0.717) is 11.4 Å². The molecule has 156 valence electrons. The number of hydrogen-bond acceptors (Lipinski definition) is 5. The number of rotatable bonds is 6. The van der Waals surface area contributed by atoms with Gasteiger partial charge >= 0.3 is 5.97 Å². The van der Waals surface area contributed by atoms with Gasteiger partial charge in [-0.25, -0.2) is 9.48 Å². The number of nitrogens with zero attached hydrogens (tertiary/aromatic N) is 2. The number of esters is 1. The fraction of sp³-hybridized carbons (Fsp3) is 0.190. The number of ether oxygens (including phenoxy) is 1. The lowest BCUT2D eigenvalue weighted by Gasteiger charge is -2.08. The van der Waals surface area contributed by atoms with Crippen LogP contribution in [0.3, 0.4) is 0 Å². The van der Waals surface area contributed by atoms with Crippen LogP contribution in [0.15, 0.2) is 58.2 Å². The standard InChI is InChI=1S/C21H20ClN3O4S/c1-13-19(20(27)25(24(13)2)14-7-5-4-6-8-14)23-18(26)12-29-21(28)16-11-15(30-3)9-10-17(16)22/h4-11H,12H2,1-3H3,(H,23,26). The van der Waals surface area contributed by atoms with E-state index in [-0.39, 0.29) is 21.8 Å². The molecule has 9 heteroatoms. The highest BCUT2D eigenvalue weighted by Gasteiger charge is 2.19. The number of thioether (sulfide) groups is 1. The summed E-state index contributed by atoms with van der Waals surface area (Å²) < 4.78 is 8.18. The number of carbonyl (C=O) groups is 2. The Morgan fingerprint density at radius 1 is 1.17 bits per heavy atom. The highest BCUT2D eigenvalue weighted by atomic mass is 35.5. The predicted molar refractivity (Wildman–Crippen MR) is 118 cm³/mol. The van der Waals surface area contributed by atoms with E-state index in [9.17, 15) is 14.4 Å². The molecular formula is C21H20ClN3O4S. The average molecular weight is 446 g/mol. The molecule has 0 saturated carbocycles. The Hall–Kier alpha value is -2.97. The van der Waals surface area contributed by atoms with Crippen molar-refractivity contribution < 1.29 is 14.3 Å². The number of amides is 1. The third-order valence-corrected chi connectivity index (χ3v) is 5.60. The Labute approximate surface area is 182 Å². The first-order chi connectivity index (χ1) is 14.3. The minimum absolute atomic E-state index is 0.129. The maximum atomic E-state index is 12.8. The number of carbonyl (C=O) groups excluding carboxylic acids is 2. The third kappa shape index (κ3) is 4.44. The number of halogens is 1. The van der Waals surface area contributed by atoms with Gasteiger partial charge in [-0.3, -0.25) is 14.3 Å². The summed E-state index contributed by atoms with van der Waals surface area (Å²) in [7, 11) is 1.72. The predicted octanol–water partition coefficient (Wildman–Crippen LogP) is 3.66. The van der Waals surface area contributed by atoms with Gasteiger partial charge in [0.15, 0.2) is 6.61 Å². The molecule has 0 unspecified atom stereocenters. The van der Waals surface area contributed by atoms with Crippen molar-refractivity contribution in [2.45, 2.75) is 11.8 Å². The van der Waals surface area contributed by atoms with Crippen LogP contribution in [0, 0.1) is 6.92 Å². The SMILES string of the molecule is CSc1ccc(Cl)c(C(=O)OCC(=O)Nc2c(C)n(C)n(-c3ccccc3)c2=O)c1. The first-order valence-electron chi connectivity index (χ1n) is 8.98. The topological polar surface area (TPSA) is 82.3 Å². The minimum Gasteiger partial charge on any atom is -0.452 e. The molecule has 30 heavy (non-hydrogen) atoms. The summed E-state index contributed by atoms with van der Waals surface area (Å²) in [6, 6.07) is 14.1. The number of nitrogens with one attached hydrogen (secondary N) is 1. The Morgan fingerprint density at radius 2 is 1.87 bits per heavy atom. The van der Waals surface area contributed by atoms with Crippen LogP contribution in [0.4, 0.5) is 5.69 Å². The molecule has 0 bridgehead atoms. The summed E-state index contributed by atoms with van der Waals surface area (Å²) in [5.41, 5.74) is 1.17. The van der Waals surface area contributed by atoms with Crippen molar-refractivity contribution in [2.75, 3.05) is 18.2 Å². The fourth-order valence-electron chi connectivity index (χ4n) is 2.88. The smallest absolute Gasteiger partial charge is 0.340 e. The van der Waals surface area contributed by atoms with Crippen LogP contribution in [0.25, 0.3) is 5.69 Å². The fourth-order valence-corrected chi connectivity index (χ4v) is 3.52. The second kappa shape index (κ2) is 9.23. The Morgan fingerprint density at radius 3 is 2.53 bits per heavy atom. The van der Waals surface area contributed by atoms with Gasteiger partial charge in [0.1, 0.15) is 5.69 Å². The molecular weight excluding hydrogens is 426 g/mol. The summed E-state index contributed by atoms with van der Waals surface area (Å²) in [5, 5.41) is 2.78. The van der Waals surface area contributed by atoms with Gasteiger partial charge in [-0.15, -0.1) is 11.8 Å². The zero-order valence-electron chi connectivity index (χ0n) is 16.6. The first kappa shape index (κ1) is 21.7. The molecule has 3 rings (SSSR count). The van der Waals surface area contributed by atoms with E-state index in [0.717, 1.165) is 4.90 Å². The highest BCUT2D eigenvalue weighted by molar-refractivity contribution is 7.98. The van der Waals surface area contributed by atoms with Crippen LogP contribution in [-0.4, -0.2) is 34.1 Å². The largest absolute Gasteiger partial charge is 0.452 e. The van der Waals surface area contributed by atoms with Gasteiger partial charge in [0.05, 0.1) is 22.0 Å². The first-order valence-corrected chi connectivity index (χ1v) is 10.6. The Bertz CT molecular complexity index is 1160. The van der Waals surface area contributed by atoms with Crippen LogP contribution < -0.4 is 10.9 Å². The maximum Gasteiger partial charge on any atom is 0.340 e. The molecule has 0 aliphatic heterocycles. The van der Waals surface area contributed by atoms with Crippen LogP contribution in [0.1, 0.15) is 16.1 Å². The monoisotopic (exact) mass is 445 g/mol. The summed E-state index contributed by atoms with van der Waals surface area (Å²) in [6.45, 7) is 1.17. The van der Waals surface area contributed by atoms with Gasteiger partial charge in [-0.05, 0) is 43.5 Å². The van der Waals surface area contributed by atoms with Crippen molar-refractivity contribution in [2.24, 2.45) is 7.05 Å². The van der Waals surface area contributed by atoms with E-state index >= 15 is 0 Å². The summed E-state index contributed by atoms with van der Waals surface area (Å²) >= 11 is 7.51. The van der Waals surface area contributed by atoms with Crippen molar-refractivity contribution in [3.63, 3.8) is 0 Å². The van der Waals surface area contributed by atoms with Crippen molar-refractivity contribution in [3.8, 4) is 5.69 Å². The molecule has 3 aromatic rings. The normalized spacial score (nSPS) is 10.7. The number of hydrogen-bond donors (Lipinski definition) is 1. The summed E-state index contributed by atoms with van der Waals surface area (Å²) in [5.74, 6) is -1.33. The van der Waals surface area contributed by atoms with Crippen molar-refractivity contribution in [3.05, 3.63) is 75.2 Å². The van der Waals surface area contributed by atoms with Crippen LogP contribution in [-0.2, 0) is 16.6 Å². The van der Waals surface area contributed by atoms with Gasteiger partial charge in [0, 0.05) is 11.9 Å². The molecule has 0 radical (unpaired) electrons. The molecule has 1 amide bonds. The molecule has 1 aromatic heterocycles. The minimum atomic E-state index is -0.711. The van der Waals surface area contributed by atoms with E-state index in [2.05, 4.69) is 5.32 Å². The molecule has 0 fully saturated rings. The molecule has 0 aliphatic carbocycles. The van der Waals surface area contributed by atoms with Crippen molar-refractivity contribution >= 4 is 40.9 Å². The lowest BCUT2D eigenvalue weighted by Crippen LogP contribution is -2.26. The second-order valence-corrected chi connectivity index (χ2v) is 7.69. The van der Waals surface area contributed by atoms with Crippen molar-refractivity contribution in [1.29, 1.82) is 0 Å². The molecule has 0 saturated heterocycles. The van der Waals surface area contributed by atoms with Crippen LogP contribution in [0.2, 0.25) is 5.02 Å². The summed E-state index contributed by atoms with van der Waals surface area (Å²) in [4.78, 5) is 38.3. The molecule has 2 aromatic carbocycles. The van der Waals surface area contributed by atoms with E-state index in [1.807, 2.05) is 24.5 Å². The van der Waals surface area contributed by atoms with Gasteiger partial charge in [0.25, 0.3) is 11.5 Å². The quantitative estimate of drug-likeness (QED) is 0.462. The average Bonchev–Trinajstić information content (AvgIpc) is 2.96. The van der Waals surface area contributed by atoms with Gasteiger partial charge in [-0.1, -0.05) is 29.8 Å². The molecule has 0 spiro atoms. The van der Waals surface area contributed by atoms with Gasteiger partial charge in [0.2, 0.25) is 0 Å². The maximum absolute atomic E-state index is 12.8. The zero-order valence-corrected chi connectivity index (χ0v) is 18.2. The van der Waals surface area contributed by atoms with E-state index in [4.69, 9.17) is 16.3 Å². The molecule has 1 N–H and O–H groups in total. The lowest BCUT2D eigenvalue weighted by molar-refractivity contribution is -0.119. The van der Waals surface area contributed by atoms with E-state index in [1.54, 1.807) is 49.0 Å². The molecule has 1 heterocycles. The van der Waals surface area contributed by atoms with E-state index < -0.39 is 18.5 Å². The molecule has 7 nitrogen and oxygen atoms in total. The highest BCUT2D eigenvalue weighted by Crippen LogP contribution is 2.23. The van der Waals surface area contributed by atoms with E-state index in [1.165, 1.54) is 16.4 Å².